The Bertz CT molecular complexity index is 1050. The number of hydrogen-bond donors (Lipinski definition) is 0. The van der Waals surface area contributed by atoms with E-state index in [9.17, 15) is 4.79 Å². The van der Waals surface area contributed by atoms with E-state index in [0.29, 0.717) is 32.9 Å². The Morgan fingerprint density at radius 3 is 2.38 bits per heavy atom. The molecule has 0 spiro atoms. The molecule has 32 heavy (non-hydrogen) atoms. The highest BCUT2D eigenvalue weighted by Gasteiger charge is 2.21. The van der Waals surface area contributed by atoms with Gasteiger partial charge in [0, 0.05) is 31.0 Å². The maximum absolute atomic E-state index is 13.0. The lowest BCUT2D eigenvalue weighted by Crippen LogP contribution is -2.38. The van der Waals surface area contributed by atoms with Crippen LogP contribution in [0.5, 0.6) is 0 Å². The summed E-state index contributed by atoms with van der Waals surface area (Å²) < 4.78 is 1.88. The van der Waals surface area contributed by atoms with Crippen LogP contribution in [0, 0.1) is 11.8 Å². The Morgan fingerprint density at radius 1 is 1.06 bits per heavy atom. The van der Waals surface area contributed by atoms with Gasteiger partial charge in [-0.15, -0.1) is 10.2 Å². The van der Waals surface area contributed by atoms with Gasteiger partial charge in [-0.3, -0.25) is 14.3 Å². The Balaban J connectivity index is 1.92. The fourth-order valence-corrected chi connectivity index (χ4v) is 4.43. The Hall–Kier alpha value is -2.09. The first-order valence-electron chi connectivity index (χ1n) is 10.5. The van der Waals surface area contributed by atoms with E-state index < -0.39 is 0 Å². The minimum atomic E-state index is 0.0871. The number of thioether (sulfide) groups is 1. The maximum Gasteiger partial charge on any atom is 0.233 e. The molecule has 3 rings (SSSR count). The number of amides is 1. The highest BCUT2D eigenvalue weighted by Crippen LogP contribution is 2.31. The molecule has 1 amide bonds. The summed E-state index contributed by atoms with van der Waals surface area (Å²) in [7, 11) is 0. The van der Waals surface area contributed by atoms with Gasteiger partial charge in [0.15, 0.2) is 11.0 Å². The number of carbonyl (C=O) groups is 1. The minimum Gasteiger partial charge on any atom is -0.341 e. The van der Waals surface area contributed by atoms with Crippen LogP contribution in [0.4, 0.5) is 0 Å². The number of aromatic nitrogens is 4. The SMILES string of the molecule is CC(C)CN(CC(C)C)C(=O)CSc1nnc(-c2cccnc2)n1-c1ccc(Cl)c(Cl)c1. The Morgan fingerprint density at radius 2 is 1.78 bits per heavy atom. The molecule has 0 fully saturated rings. The molecule has 3 aromatic rings. The molecule has 170 valence electrons. The summed E-state index contributed by atoms with van der Waals surface area (Å²) in [5.74, 6) is 1.78. The van der Waals surface area contributed by atoms with Crippen molar-refractivity contribution in [2.24, 2.45) is 11.8 Å². The quantitative estimate of drug-likeness (QED) is 0.350. The number of hydrogen-bond acceptors (Lipinski definition) is 5. The van der Waals surface area contributed by atoms with E-state index in [2.05, 4.69) is 42.9 Å². The average Bonchev–Trinajstić information content (AvgIpc) is 3.17. The molecule has 0 N–H and O–H groups in total. The summed E-state index contributed by atoms with van der Waals surface area (Å²) in [4.78, 5) is 19.1. The monoisotopic (exact) mass is 491 g/mol. The summed E-state index contributed by atoms with van der Waals surface area (Å²) in [5.41, 5.74) is 1.57. The first-order chi connectivity index (χ1) is 15.3. The third-order valence-electron chi connectivity index (χ3n) is 4.56. The van der Waals surface area contributed by atoms with Crippen LogP contribution in [0.15, 0.2) is 47.9 Å². The molecule has 0 unspecified atom stereocenters. The van der Waals surface area contributed by atoms with Gasteiger partial charge in [-0.05, 0) is 42.2 Å². The van der Waals surface area contributed by atoms with Gasteiger partial charge in [-0.2, -0.15) is 0 Å². The summed E-state index contributed by atoms with van der Waals surface area (Å²) in [5, 5.41) is 10.3. The summed E-state index contributed by atoms with van der Waals surface area (Å²) in [6.45, 7) is 9.95. The smallest absolute Gasteiger partial charge is 0.233 e. The normalized spacial score (nSPS) is 11.4. The standard InChI is InChI=1S/C23H27Cl2N5OS/c1-15(2)12-29(13-16(3)4)21(31)14-32-23-28-27-22(17-6-5-9-26-11-17)30(23)18-7-8-19(24)20(25)10-18/h5-11,15-16H,12-14H2,1-4H3. The second-order valence-corrected chi connectivity index (χ2v) is 10.1. The van der Waals surface area contributed by atoms with Crippen LogP contribution in [-0.2, 0) is 4.79 Å². The molecule has 0 aliphatic heterocycles. The molecule has 0 bridgehead atoms. The summed E-state index contributed by atoms with van der Waals surface area (Å²) in [6, 6.07) is 9.11. The predicted molar refractivity (Wildman–Crippen MR) is 132 cm³/mol. The molecule has 6 nitrogen and oxygen atoms in total. The zero-order chi connectivity index (χ0) is 23.3. The minimum absolute atomic E-state index is 0.0871. The maximum atomic E-state index is 13.0. The second kappa shape index (κ2) is 11.2. The molecule has 0 saturated carbocycles. The molecular weight excluding hydrogens is 465 g/mol. The summed E-state index contributed by atoms with van der Waals surface area (Å²) in [6.07, 6.45) is 3.43. The lowest BCUT2D eigenvalue weighted by Gasteiger charge is -2.26. The van der Waals surface area contributed by atoms with Gasteiger partial charge in [-0.1, -0.05) is 62.7 Å². The molecule has 0 radical (unpaired) electrons. The van der Waals surface area contributed by atoms with Crippen molar-refractivity contribution in [1.82, 2.24) is 24.6 Å². The zero-order valence-corrected chi connectivity index (χ0v) is 21.0. The van der Waals surface area contributed by atoms with Crippen molar-refractivity contribution in [3.05, 3.63) is 52.8 Å². The fraction of sp³-hybridized carbons (Fsp3) is 0.391. The second-order valence-electron chi connectivity index (χ2n) is 8.36. The van der Waals surface area contributed by atoms with Crippen LogP contribution in [0.2, 0.25) is 10.0 Å². The van der Waals surface area contributed by atoms with Gasteiger partial charge in [-0.25, -0.2) is 0 Å². The van der Waals surface area contributed by atoms with E-state index in [0.717, 1.165) is 24.3 Å². The van der Waals surface area contributed by atoms with E-state index in [-0.39, 0.29) is 11.7 Å². The van der Waals surface area contributed by atoms with Crippen molar-refractivity contribution >= 4 is 40.9 Å². The van der Waals surface area contributed by atoms with E-state index in [1.54, 1.807) is 24.5 Å². The lowest BCUT2D eigenvalue weighted by molar-refractivity contribution is -0.129. The summed E-state index contributed by atoms with van der Waals surface area (Å²) >= 11 is 13.8. The fourth-order valence-electron chi connectivity index (χ4n) is 3.28. The topological polar surface area (TPSA) is 63.9 Å². The number of carbonyl (C=O) groups excluding carboxylic acids is 1. The molecule has 0 aliphatic rings. The highest BCUT2D eigenvalue weighted by molar-refractivity contribution is 7.99. The van der Waals surface area contributed by atoms with E-state index >= 15 is 0 Å². The van der Waals surface area contributed by atoms with E-state index in [1.807, 2.05) is 27.7 Å². The highest BCUT2D eigenvalue weighted by atomic mass is 35.5. The molecule has 0 atom stereocenters. The first-order valence-corrected chi connectivity index (χ1v) is 12.2. The molecular formula is C23H27Cl2N5OS. The number of rotatable bonds is 9. The van der Waals surface area contributed by atoms with Crippen LogP contribution in [0.25, 0.3) is 17.1 Å². The molecule has 9 heteroatoms. The van der Waals surface area contributed by atoms with Crippen molar-refractivity contribution in [1.29, 1.82) is 0 Å². The molecule has 2 aromatic heterocycles. The predicted octanol–water partition coefficient (Wildman–Crippen LogP) is 5.87. The number of halogens is 2. The van der Waals surface area contributed by atoms with E-state index in [4.69, 9.17) is 23.2 Å². The van der Waals surface area contributed by atoms with Gasteiger partial charge in [0.05, 0.1) is 21.5 Å². The number of benzene rings is 1. The van der Waals surface area contributed by atoms with Crippen molar-refractivity contribution < 1.29 is 4.79 Å². The number of pyridine rings is 1. The van der Waals surface area contributed by atoms with Crippen molar-refractivity contribution in [2.45, 2.75) is 32.9 Å². The van der Waals surface area contributed by atoms with E-state index in [1.165, 1.54) is 11.8 Å². The van der Waals surface area contributed by atoms with Gasteiger partial charge in [0.2, 0.25) is 5.91 Å². The van der Waals surface area contributed by atoms with Gasteiger partial charge < -0.3 is 4.90 Å². The average molecular weight is 492 g/mol. The van der Waals surface area contributed by atoms with Crippen LogP contribution in [0.3, 0.4) is 0 Å². The third kappa shape index (κ3) is 6.24. The van der Waals surface area contributed by atoms with Crippen LogP contribution < -0.4 is 0 Å². The third-order valence-corrected chi connectivity index (χ3v) is 6.22. The largest absolute Gasteiger partial charge is 0.341 e. The van der Waals surface area contributed by atoms with Gasteiger partial charge >= 0.3 is 0 Å². The van der Waals surface area contributed by atoms with Crippen molar-refractivity contribution in [3.8, 4) is 17.1 Å². The Labute approximate surface area is 203 Å². The molecule has 0 saturated heterocycles. The molecule has 2 heterocycles. The van der Waals surface area contributed by atoms with Gasteiger partial charge in [0.1, 0.15) is 0 Å². The zero-order valence-electron chi connectivity index (χ0n) is 18.6. The lowest BCUT2D eigenvalue weighted by atomic mass is 10.1. The van der Waals surface area contributed by atoms with Crippen LogP contribution >= 0.6 is 35.0 Å². The van der Waals surface area contributed by atoms with Crippen molar-refractivity contribution in [3.63, 3.8) is 0 Å². The Kier molecular flexibility index (Phi) is 8.57. The van der Waals surface area contributed by atoms with Gasteiger partial charge in [0.25, 0.3) is 0 Å². The van der Waals surface area contributed by atoms with Crippen LogP contribution in [0.1, 0.15) is 27.7 Å². The number of nitrogens with zero attached hydrogens (tertiary/aromatic N) is 5. The first kappa shape index (κ1) is 24.6. The van der Waals surface area contributed by atoms with Crippen molar-refractivity contribution in [2.75, 3.05) is 18.8 Å². The van der Waals surface area contributed by atoms with Crippen LogP contribution in [-0.4, -0.2) is 49.4 Å². The molecule has 1 aromatic carbocycles. The molecule has 0 aliphatic carbocycles.